The van der Waals surface area contributed by atoms with Crippen molar-refractivity contribution in [3.63, 3.8) is 0 Å². The quantitative estimate of drug-likeness (QED) is 0.732. The molecule has 0 saturated heterocycles. The SMILES string of the molecule is COC(=O)C[C@H](c1cc(OC)c(OC)c(OC)c1)c1oc(C)cc(=O)c1O. The van der Waals surface area contributed by atoms with E-state index in [1.54, 1.807) is 19.1 Å². The standard InChI is InChI=1S/C19H22O8/c1-10-6-13(20)17(22)18(27-10)12(9-16(21)25-4)11-7-14(23-2)19(26-5)15(8-11)24-3/h6-8,12,22H,9H2,1-5H3/t12-/m1/s1. The van der Waals surface area contributed by atoms with Gasteiger partial charge in [-0.15, -0.1) is 0 Å². The van der Waals surface area contributed by atoms with Gasteiger partial charge >= 0.3 is 5.97 Å². The number of rotatable bonds is 7. The smallest absolute Gasteiger partial charge is 0.306 e. The maximum Gasteiger partial charge on any atom is 0.306 e. The van der Waals surface area contributed by atoms with Crippen LogP contribution in [-0.2, 0) is 9.53 Å². The molecule has 1 atom stereocenters. The fraction of sp³-hybridized carbons (Fsp3) is 0.368. The van der Waals surface area contributed by atoms with Gasteiger partial charge in [0.25, 0.3) is 0 Å². The summed E-state index contributed by atoms with van der Waals surface area (Å²) in [6.45, 7) is 1.58. The maximum absolute atomic E-state index is 12.0. The molecule has 0 aliphatic heterocycles. The monoisotopic (exact) mass is 378 g/mol. The molecule has 1 aromatic carbocycles. The zero-order valence-corrected chi connectivity index (χ0v) is 15.8. The highest BCUT2D eigenvalue weighted by Crippen LogP contribution is 2.43. The predicted octanol–water partition coefficient (Wildman–Crippen LogP) is 2.37. The Balaban J connectivity index is 2.72. The van der Waals surface area contributed by atoms with Gasteiger partial charge in [-0.2, -0.15) is 0 Å². The highest BCUT2D eigenvalue weighted by molar-refractivity contribution is 5.71. The van der Waals surface area contributed by atoms with E-state index in [0.29, 0.717) is 28.6 Å². The fourth-order valence-corrected chi connectivity index (χ4v) is 2.78. The van der Waals surface area contributed by atoms with Crippen molar-refractivity contribution in [3.05, 3.63) is 45.5 Å². The topological polar surface area (TPSA) is 104 Å². The van der Waals surface area contributed by atoms with Crippen LogP contribution in [0.2, 0.25) is 0 Å². The minimum absolute atomic E-state index is 0.0420. The molecular weight excluding hydrogens is 356 g/mol. The van der Waals surface area contributed by atoms with Gasteiger partial charge in [0.15, 0.2) is 17.3 Å². The first kappa shape index (κ1) is 20.2. The third-order valence-electron chi connectivity index (χ3n) is 4.08. The number of aromatic hydroxyl groups is 1. The highest BCUT2D eigenvalue weighted by Gasteiger charge is 2.28. The summed E-state index contributed by atoms with van der Waals surface area (Å²) in [7, 11) is 5.64. The minimum atomic E-state index is -0.807. The average Bonchev–Trinajstić information content (AvgIpc) is 2.67. The molecule has 1 heterocycles. The van der Waals surface area contributed by atoms with Crippen molar-refractivity contribution in [2.75, 3.05) is 28.4 Å². The second-order valence-electron chi connectivity index (χ2n) is 5.73. The van der Waals surface area contributed by atoms with Crippen LogP contribution >= 0.6 is 0 Å². The number of carbonyl (C=O) groups is 1. The Morgan fingerprint density at radius 3 is 2.15 bits per heavy atom. The van der Waals surface area contributed by atoms with Crippen LogP contribution in [0.3, 0.4) is 0 Å². The Morgan fingerprint density at radius 2 is 1.67 bits per heavy atom. The van der Waals surface area contributed by atoms with Crippen LogP contribution < -0.4 is 19.6 Å². The van der Waals surface area contributed by atoms with Crippen molar-refractivity contribution >= 4 is 5.97 Å². The van der Waals surface area contributed by atoms with Crippen molar-refractivity contribution in [2.24, 2.45) is 0 Å². The molecule has 0 bridgehead atoms. The lowest BCUT2D eigenvalue weighted by molar-refractivity contribution is -0.140. The Kier molecular flexibility index (Phi) is 6.33. The molecule has 8 nitrogen and oxygen atoms in total. The van der Waals surface area contributed by atoms with Gasteiger partial charge in [-0.25, -0.2) is 0 Å². The van der Waals surface area contributed by atoms with Gasteiger partial charge in [-0.05, 0) is 24.6 Å². The number of esters is 1. The zero-order valence-electron chi connectivity index (χ0n) is 15.8. The summed E-state index contributed by atoms with van der Waals surface area (Å²) >= 11 is 0. The molecule has 2 aromatic rings. The number of carbonyl (C=O) groups excluding carboxylic acids is 1. The summed E-state index contributed by atoms with van der Waals surface area (Å²) in [6.07, 6.45) is -0.172. The molecule has 0 aliphatic carbocycles. The third kappa shape index (κ3) is 4.16. The first-order valence-corrected chi connectivity index (χ1v) is 8.06. The molecule has 146 valence electrons. The summed E-state index contributed by atoms with van der Waals surface area (Å²) < 4.78 is 26.3. The first-order chi connectivity index (χ1) is 12.9. The van der Waals surface area contributed by atoms with Gasteiger partial charge in [-0.3, -0.25) is 9.59 Å². The van der Waals surface area contributed by atoms with Crippen molar-refractivity contribution in [1.82, 2.24) is 0 Å². The molecule has 0 saturated carbocycles. The van der Waals surface area contributed by atoms with E-state index >= 15 is 0 Å². The average molecular weight is 378 g/mol. The van der Waals surface area contributed by atoms with Gasteiger partial charge in [0.1, 0.15) is 5.76 Å². The minimum Gasteiger partial charge on any atom is -0.502 e. The maximum atomic E-state index is 12.0. The fourth-order valence-electron chi connectivity index (χ4n) is 2.78. The molecular formula is C19H22O8. The summed E-state index contributed by atoms with van der Waals surface area (Å²) in [5.74, 6) is -0.572. The Morgan fingerprint density at radius 1 is 1.07 bits per heavy atom. The highest BCUT2D eigenvalue weighted by atomic mass is 16.5. The number of ether oxygens (including phenoxy) is 4. The molecule has 27 heavy (non-hydrogen) atoms. The van der Waals surface area contributed by atoms with Crippen LogP contribution in [0.4, 0.5) is 0 Å². The Hall–Kier alpha value is -3.16. The van der Waals surface area contributed by atoms with E-state index in [0.717, 1.165) is 0 Å². The van der Waals surface area contributed by atoms with E-state index in [9.17, 15) is 14.7 Å². The molecule has 0 amide bonds. The van der Waals surface area contributed by atoms with Crippen molar-refractivity contribution < 1.29 is 33.3 Å². The molecule has 1 N–H and O–H groups in total. The van der Waals surface area contributed by atoms with Gasteiger partial charge in [-0.1, -0.05) is 0 Å². The van der Waals surface area contributed by atoms with E-state index in [4.69, 9.17) is 23.4 Å². The summed E-state index contributed by atoms with van der Waals surface area (Å²) in [4.78, 5) is 24.0. The van der Waals surface area contributed by atoms with E-state index in [2.05, 4.69) is 0 Å². The van der Waals surface area contributed by atoms with E-state index < -0.39 is 23.1 Å². The summed E-state index contributed by atoms with van der Waals surface area (Å²) in [5, 5.41) is 10.2. The third-order valence-corrected chi connectivity index (χ3v) is 4.08. The van der Waals surface area contributed by atoms with E-state index in [1.807, 2.05) is 0 Å². The van der Waals surface area contributed by atoms with E-state index in [-0.39, 0.29) is 12.2 Å². The van der Waals surface area contributed by atoms with Gasteiger partial charge in [0, 0.05) is 6.07 Å². The number of hydrogen-bond donors (Lipinski definition) is 1. The summed E-state index contributed by atoms with van der Waals surface area (Å²) in [5.41, 5.74) is -0.0880. The molecule has 0 spiro atoms. The van der Waals surface area contributed by atoms with Crippen LogP contribution in [0.1, 0.15) is 29.4 Å². The van der Waals surface area contributed by atoms with Crippen molar-refractivity contribution in [3.8, 4) is 23.0 Å². The molecule has 2 rings (SSSR count). The zero-order chi connectivity index (χ0) is 20.1. The number of benzene rings is 1. The lowest BCUT2D eigenvalue weighted by Gasteiger charge is -2.20. The van der Waals surface area contributed by atoms with Crippen LogP contribution in [0.25, 0.3) is 0 Å². The Labute approximate surface area is 156 Å². The van der Waals surface area contributed by atoms with Gasteiger partial charge in [0.05, 0.1) is 40.8 Å². The van der Waals surface area contributed by atoms with Crippen molar-refractivity contribution in [1.29, 1.82) is 0 Å². The lowest BCUT2D eigenvalue weighted by atomic mass is 9.91. The van der Waals surface area contributed by atoms with Crippen LogP contribution in [0, 0.1) is 6.92 Å². The number of methoxy groups -OCH3 is 4. The summed E-state index contributed by atoms with van der Waals surface area (Å²) in [6, 6.07) is 4.41. The number of hydrogen-bond acceptors (Lipinski definition) is 8. The van der Waals surface area contributed by atoms with Gasteiger partial charge < -0.3 is 28.5 Å². The van der Waals surface area contributed by atoms with Crippen molar-refractivity contribution in [2.45, 2.75) is 19.3 Å². The predicted molar refractivity (Wildman–Crippen MR) is 96.0 cm³/mol. The largest absolute Gasteiger partial charge is 0.502 e. The molecule has 1 aromatic heterocycles. The molecule has 8 heteroatoms. The number of aryl methyl sites for hydroxylation is 1. The molecule has 0 aliphatic rings. The molecule has 0 fully saturated rings. The normalized spacial score (nSPS) is 11.6. The van der Waals surface area contributed by atoms with Crippen LogP contribution in [-0.4, -0.2) is 39.5 Å². The van der Waals surface area contributed by atoms with Crippen LogP contribution in [0.5, 0.6) is 23.0 Å². The Bertz CT molecular complexity index is 859. The van der Waals surface area contributed by atoms with Crippen LogP contribution in [0.15, 0.2) is 27.4 Å². The second-order valence-corrected chi connectivity index (χ2v) is 5.73. The molecule has 0 radical (unpaired) electrons. The lowest BCUT2D eigenvalue weighted by Crippen LogP contribution is -2.14. The first-order valence-electron chi connectivity index (χ1n) is 8.06. The molecule has 0 unspecified atom stereocenters. The second kappa shape index (κ2) is 8.48. The van der Waals surface area contributed by atoms with E-state index in [1.165, 1.54) is 34.5 Å². The van der Waals surface area contributed by atoms with Gasteiger partial charge in [0.2, 0.25) is 16.9 Å².